The van der Waals surface area contributed by atoms with E-state index < -0.39 is 0 Å². The number of aliphatic hydroxyl groups is 1. The summed E-state index contributed by atoms with van der Waals surface area (Å²) in [6, 6.07) is 0. The summed E-state index contributed by atoms with van der Waals surface area (Å²) in [6.07, 6.45) is 4.27. The van der Waals surface area contributed by atoms with Gasteiger partial charge in [-0.3, -0.25) is 0 Å². The minimum Gasteiger partial charge on any atom is -0.394 e. The third-order valence-corrected chi connectivity index (χ3v) is 5.87. The zero-order chi connectivity index (χ0) is 14.6. The van der Waals surface area contributed by atoms with Crippen LogP contribution in [0.25, 0.3) is 0 Å². The Morgan fingerprint density at radius 3 is 2.20 bits per heavy atom. The summed E-state index contributed by atoms with van der Waals surface area (Å²) >= 11 is 0. The molecule has 0 spiro atoms. The molecular weight excluding hydrogens is 256 g/mol. The van der Waals surface area contributed by atoms with E-state index in [-0.39, 0.29) is 6.61 Å². The van der Waals surface area contributed by atoms with Crippen molar-refractivity contribution in [2.75, 3.05) is 39.6 Å². The van der Waals surface area contributed by atoms with Gasteiger partial charge in [0.15, 0.2) is 0 Å². The highest BCUT2D eigenvalue weighted by Crippen LogP contribution is 2.66. The summed E-state index contributed by atoms with van der Waals surface area (Å²) in [5.74, 6) is 0.824. The SMILES string of the molecule is CC1(C)C2CCC1(C)C(OCCOCCOCCO)C2. The lowest BCUT2D eigenvalue weighted by Crippen LogP contribution is -2.37. The molecule has 1 N–H and O–H groups in total. The van der Waals surface area contributed by atoms with E-state index in [1.165, 1.54) is 19.3 Å². The molecule has 2 saturated carbocycles. The first-order valence-corrected chi connectivity index (χ1v) is 7.90. The first-order chi connectivity index (χ1) is 9.52. The third-order valence-electron chi connectivity index (χ3n) is 5.87. The molecule has 4 nitrogen and oxygen atoms in total. The quantitative estimate of drug-likeness (QED) is 0.660. The van der Waals surface area contributed by atoms with Crippen molar-refractivity contribution in [1.29, 1.82) is 0 Å². The summed E-state index contributed by atoms with van der Waals surface area (Å²) in [6.45, 7) is 10.1. The first kappa shape index (κ1) is 16.2. The van der Waals surface area contributed by atoms with E-state index in [0.29, 0.717) is 50.0 Å². The van der Waals surface area contributed by atoms with Gasteiger partial charge in [-0.2, -0.15) is 0 Å². The number of rotatable bonds is 9. The molecule has 3 atom stereocenters. The van der Waals surface area contributed by atoms with Crippen LogP contribution in [0, 0.1) is 16.7 Å². The predicted molar refractivity (Wildman–Crippen MR) is 77.7 cm³/mol. The van der Waals surface area contributed by atoms with Crippen LogP contribution in [0.1, 0.15) is 40.0 Å². The maximum atomic E-state index is 8.56. The van der Waals surface area contributed by atoms with Gasteiger partial charge in [-0.1, -0.05) is 20.8 Å². The summed E-state index contributed by atoms with van der Waals surface area (Å²) in [7, 11) is 0. The Balaban J connectivity index is 1.59. The van der Waals surface area contributed by atoms with Crippen molar-refractivity contribution in [2.45, 2.75) is 46.1 Å². The van der Waals surface area contributed by atoms with Crippen LogP contribution in [0.3, 0.4) is 0 Å². The minimum absolute atomic E-state index is 0.0698. The lowest BCUT2D eigenvalue weighted by molar-refractivity contribution is -0.0685. The van der Waals surface area contributed by atoms with Gasteiger partial charge in [0.2, 0.25) is 0 Å². The van der Waals surface area contributed by atoms with Crippen LogP contribution in [-0.4, -0.2) is 50.9 Å². The number of fused-ring (bicyclic) bond motifs is 2. The molecule has 0 aromatic carbocycles. The minimum atomic E-state index is 0.0698. The van der Waals surface area contributed by atoms with Crippen LogP contribution in [0.15, 0.2) is 0 Å². The van der Waals surface area contributed by atoms with Crippen molar-refractivity contribution < 1.29 is 19.3 Å². The van der Waals surface area contributed by atoms with Crippen molar-refractivity contribution >= 4 is 0 Å². The lowest BCUT2D eigenvalue weighted by atomic mass is 9.70. The van der Waals surface area contributed by atoms with Gasteiger partial charge in [0.25, 0.3) is 0 Å². The summed E-state index contributed by atoms with van der Waals surface area (Å²) < 4.78 is 16.7. The second-order valence-electron chi connectivity index (χ2n) is 6.92. The fraction of sp³-hybridized carbons (Fsp3) is 1.00. The summed E-state index contributed by atoms with van der Waals surface area (Å²) in [5, 5.41) is 8.56. The Labute approximate surface area is 122 Å². The third kappa shape index (κ3) is 3.03. The van der Waals surface area contributed by atoms with Gasteiger partial charge in [-0.25, -0.2) is 0 Å². The normalized spacial score (nSPS) is 34.8. The molecule has 3 unspecified atom stereocenters. The van der Waals surface area contributed by atoms with E-state index >= 15 is 0 Å². The summed E-state index contributed by atoms with van der Waals surface area (Å²) in [5.41, 5.74) is 0.749. The molecule has 4 heteroatoms. The molecule has 2 fully saturated rings. The van der Waals surface area contributed by atoms with Crippen LogP contribution in [-0.2, 0) is 14.2 Å². The van der Waals surface area contributed by atoms with E-state index in [0.717, 1.165) is 5.92 Å². The molecule has 0 aromatic rings. The Morgan fingerprint density at radius 1 is 1.00 bits per heavy atom. The van der Waals surface area contributed by atoms with Crippen molar-refractivity contribution in [2.24, 2.45) is 16.7 Å². The van der Waals surface area contributed by atoms with E-state index in [4.69, 9.17) is 19.3 Å². The fourth-order valence-electron chi connectivity index (χ4n) is 4.02. The molecular formula is C16H30O4. The molecule has 2 aliphatic rings. The Morgan fingerprint density at radius 2 is 1.65 bits per heavy atom. The highest BCUT2D eigenvalue weighted by Gasteiger charge is 2.61. The number of ether oxygens (including phenoxy) is 3. The number of aliphatic hydroxyl groups excluding tert-OH is 1. The average molecular weight is 286 g/mol. The maximum Gasteiger partial charge on any atom is 0.0704 e. The molecule has 0 saturated heterocycles. The van der Waals surface area contributed by atoms with Gasteiger partial charge in [0.05, 0.1) is 45.7 Å². The fourth-order valence-corrected chi connectivity index (χ4v) is 4.02. The topological polar surface area (TPSA) is 47.9 Å². The van der Waals surface area contributed by atoms with Gasteiger partial charge in [0, 0.05) is 0 Å². The van der Waals surface area contributed by atoms with Crippen LogP contribution in [0.2, 0.25) is 0 Å². The molecule has 0 aliphatic heterocycles. The van der Waals surface area contributed by atoms with Crippen LogP contribution < -0.4 is 0 Å². The molecule has 0 heterocycles. The smallest absolute Gasteiger partial charge is 0.0704 e. The monoisotopic (exact) mass is 286 g/mol. The molecule has 20 heavy (non-hydrogen) atoms. The number of hydrogen-bond donors (Lipinski definition) is 1. The van der Waals surface area contributed by atoms with Crippen molar-refractivity contribution in [3.8, 4) is 0 Å². The zero-order valence-electron chi connectivity index (χ0n) is 13.2. The van der Waals surface area contributed by atoms with Gasteiger partial charge < -0.3 is 19.3 Å². The van der Waals surface area contributed by atoms with Crippen molar-refractivity contribution in [1.82, 2.24) is 0 Å². The molecule has 2 aliphatic carbocycles. The zero-order valence-corrected chi connectivity index (χ0v) is 13.2. The Bertz CT molecular complexity index is 305. The Kier molecular flexibility index (Phi) is 5.46. The first-order valence-electron chi connectivity index (χ1n) is 7.90. The highest BCUT2D eigenvalue weighted by atomic mass is 16.5. The van der Waals surface area contributed by atoms with Gasteiger partial charge in [0.1, 0.15) is 0 Å². The van der Waals surface area contributed by atoms with Crippen LogP contribution in [0.4, 0.5) is 0 Å². The molecule has 118 valence electrons. The predicted octanol–water partition coefficient (Wildman–Crippen LogP) is 2.24. The highest BCUT2D eigenvalue weighted by molar-refractivity contribution is 5.11. The molecule has 2 bridgehead atoms. The molecule has 0 amide bonds. The summed E-state index contributed by atoms with van der Waals surface area (Å²) in [4.78, 5) is 0. The maximum absolute atomic E-state index is 8.56. The van der Waals surface area contributed by atoms with E-state index in [2.05, 4.69) is 20.8 Å². The lowest BCUT2D eigenvalue weighted by Gasteiger charge is -2.38. The molecule has 0 aromatic heterocycles. The standard InChI is InChI=1S/C16H30O4/c1-15(2)13-4-5-16(15,3)14(12-13)20-11-10-19-9-8-18-7-6-17/h13-14,17H,4-12H2,1-3H3. The van der Waals surface area contributed by atoms with Crippen LogP contribution in [0.5, 0.6) is 0 Å². The van der Waals surface area contributed by atoms with E-state index in [1.807, 2.05) is 0 Å². The average Bonchev–Trinajstić information content (AvgIpc) is 2.75. The van der Waals surface area contributed by atoms with E-state index in [1.54, 1.807) is 0 Å². The van der Waals surface area contributed by atoms with Gasteiger partial charge in [-0.15, -0.1) is 0 Å². The van der Waals surface area contributed by atoms with Gasteiger partial charge in [-0.05, 0) is 36.0 Å². The van der Waals surface area contributed by atoms with E-state index in [9.17, 15) is 0 Å². The Hall–Kier alpha value is -0.160. The molecule has 0 radical (unpaired) electrons. The molecule has 2 rings (SSSR count). The second kappa shape index (κ2) is 6.73. The van der Waals surface area contributed by atoms with Crippen molar-refractivity contribution in [3.63, 3.8) is 0 Å². The van der Waals surface area contributed by atoms with Gasteiger partial charge >= 0.3 is 0 Å². The van der Waals surface area contributed by atoms with Crippen LogP contribution >= 0.6 is 0 Å². The largest absolute Gasteiger partial charge is 0.394 e. The number of hydrogen-bond acceptors (Lipinski definition) is 4. The second-order valence-corrected chi connectivity index (χ2v) is 6.92. The van der Waals surface area contributed by atoms with Crippen molar-refractivity contribution in [3.05, 3.63) is 0 Å².